The molecule has 0 atom stereocenters. The molecule has 0 aliphatic rings. The zero-order chi connectivity index (χ0) is 17.4. The van der Waals surface area contributed by atoms with Crippen LogP contribution in [0.2, 0.25) is 0 Å². The van der Waals surface area contributed by atoms with Crippen LogP contribution in [-0.2, 0) is 29.2 Å². The lowest BCUT2D eigenvalue weighted by Crippen LogP contribution is -2.34. The predicted octanol–water partition coefficient (Wildman–Crippen LogP) is 3.34. The van der Waals surface area contributed by atoms with Crippen LogP contribution >= 0.6 is 15.9 Å². The van der Waals surface area contributed by atoms with Gasteiger partial charge in [0.15, 0.2) is 0 Å². The lowest BCUT2D eigenvalue weighted by atomic mass is 10.1. The number of methoxy groups -OCH3 is 1. The second-order valence-electron chi connectivity index (χ2n) is 5.79. The van der Waals surface area contributed by atoms with E-state index in [1.807, 2.05) is 54.4 Å². The Morgan fingerprint density at radius 1 is 1.12 bits per heavy atom. The van der Waals surface area contributed by atoms with Crippen molar-refractivity contribution in [2.45, 2.75) is 19.7 Å². The van der Waals surface area contributed by atoms with E-state index in [4.69, 9.17) is 4.74 Å². The molecule has 0 bridgehead atoms. The van der Waals surface area contributed by atoms with Crippen molar-refractivity contribution in [3.8, 4) is 0 Å². The number of amides is 1. The van der Waals surface area contributed by atoms with Crippen molar-refractivity contribution in [2.75, 3.05) is 20.7 Å². The van der Waals surface area contributed by atoms with Gasteiger partial charge in [-0.15, -0.1) is 0 Å². The average molecular weight is 391 g/mol. The molecule has 2 rings (SSSR count). The molecule has 128 valence electrons. The summed E-state index contributed by atoms with van der Waals surface area (Å²) in [5.41, 5.74) is 3.37. The second-order valence-corrected chi connectivity index (χ2v) is 6.64. The van der Waals surface area contributed by atoms with Crippen molar-refractivity contribution < 1.29 is 9.53 Å². The minimum absolute atomic E-state index is 0.0190. The van der Waals surface area contributed by atoms with E-state index in [9.17, 15) is 4.79 Å². The fourth-order valence-electron chi connectivity index (χ4n) is 2.40. The number of carbonyl (C=O) groups is 1. The monoisotopic (exact) mass is 390 g/mol. The van der Waals surface area contributed by atoms with Crippen LogP contribution in [0.15, 0.2) is 53.0 Å². The molecule has 0 radical (unpaired) electrons. The van der Waals surface area contributed by atoms with E-state index in [2.05, 4.69) is 27.3 Å². The Balaban J connectivity index is 1.77. The highest BCUT2D eigenvalue weighted by Gasteiger charge is 2.08. The van der Waals surface area contributed by atoms with Gasteiger partial charge in [0.2, 0.25) is 5.91 Å². The van der Waals surface area contributed by atoms with Gasteiger partial charge in [-0.2, -0.15) is 0 Å². The van der Waals surface area contributed by atoms with Crippen molar-refractivity contribution in [1.29, 1.82) is 0 Å². The van der Waals surface area contributed by atoms with E-state index in [1.165, 1.54) is 5.56 Å². The van der Waals surface area contributed by atoms with Crippen LogP contribution < -0.4 is 5.32 Å². The molecule has 1 amide bonds. The van der Waals surface area contributed by atoms with Gasteiger partial charge < -0.3 is 10.1 Å². The molecule has 0 spiro atoms. The first kappa shape index (κ1) is 18.6. The summed E-state index contributed by atoms with van der Waals surface area (Å²) in [5.74, 6) is 0.0190. The second kappa shape index (κ2) is 9.57. The first-order chi connectivity index (χ1) is 11.6. The molecule has 1 N–H and O–H groups in total. The fraction of sp³-hybridized carbons (Fsp3) is 0.316. The highest BCUT2D eigenvalue weighted by Crippen LogP contribution is 2.17. The molecular weight excluding hydrogens is 368 g/mol. The lowest BCUT2D eigenvalue weighted by Gasteiger charge is -2.17. The number of hydrogen-bond acceptors (Lipinski definition) is 3. The third-order valence-corrected chi connectivity index (χ3v) is 4.41. The molecule has 0 saturated carbocycles. The number of rotatable bonds is 8. The summed E-state index contributed by atoms with van der Waals surface area (Å²) in [5, 5.41) is 2.96. The quantitative estimate of drug-likeness (QED) is 0.751. The highest BCUT2D eigenvalue weighted by atomic mass is 79.9. The van der Waals surface area contributed by atoms with Crippen LogP contribution in [0.25, 0.3) is 0 Å². The molecule has 2 aromatic rings. The average Bonchev–Trinajstić information content (AvgIpc) is 2.56. The number of ether oxygens (including phenoxy) is 1. The Morgan fingerprint density at radius 2 is 1.79 bits per heavy atom. The van der Waals surface area contributed by atoms with Gasteiger partial charge in [-0.25, -0.2) is 0 Å². The fourth-order valence-corrected chi connectivity index (χ4v) is 2.81. The Bertz CT molecular complexity index is 659. The van der Waals surface area contributed by atoms with Crippen molar-refractivity contribution in [3.63, 3.8) is 0 Å². The zero-order valence-corrected chi connectivity index (χ0v) is 15.7. The molecule has 0 fully saturated rings. The lowest BCUT2D eigenvalue weighted by molar-refractivity contribution is -0.122. The highest BCUT2D eigenvalue weighted by molar-refractivity contribution is 9.10. The number of nitrogens with zero attached hydrogens (tertiary/aromatic N) is 1. The number of likely N-dealkylation sites (N-methyl/N-ethyl adjacent to an activating group) is 1. The molecule has 0 heterocycles. The minimum atomic E-state index is 0.0190. The van der Waals surface area contributed by atoms with Gasteiger partial charge in [0.05, 0.1) is 13.2 Å². The smallest absolute Gasteiger partial charge is 0.234 e. The van der Waals surface area contributed by atoms with Gasteiger partial charge in [0, 0.05) is 24.7 Å². The summed E-state index contributed by atoms with van der Waals surface area (Å²) in [6, 6.07) is 16.1. The number of nitrogens with one attached hydrogen (secondary N) is 1. The van der Waals surface area contributed by atoms with E-state index < -0.39 is 0 Å². The van der Waals surface area contributed by atoms with Crippen molar-refractivity contribution in [2.24, 2.45) is 0 Å². The summed E-state index contributed by atoms with van der Waals surface area (Å²) in [6.07, 6.45) is 0. The first-order valence-corrected chi connectivity index (χ1v) is 8.63. The third-order valence-electron chi connectivity index (χ3n) is 3.64. The standard InChI is InChI=1S/C19H23BrN2O2/c1-22(12-17-5-3-4-6-18(17)20)13-19(23)21-11-15-7-9-16(10-8-15)14-24-2/h3-10H,11-14H2,1-2H3,(H,21,23). The number of halogens is 1. The topological polar surface area (TPSA) is 41.6 Å². The van der Waals surface area contributed by atoms with E-state index in [-0.39, 0.29) is 5.91 Å². The predicted molar refractivity (Wildman–Crippen MR) is 99.5 cm³/mol. The molecule has 0 saturated heterocycles. The Morgan fingerprint density at radius 3 is 2.46 bits per heavy atom. The molecule has 0 aliphatic carbocycles. The summed E-state index contributed by atoms with van der Waals surface area (Å²) >= 11 is 3.53. The zero-order valence-electron chi connectivity index (χ0n) is 14.1. The van der Waals surface area contributed by atoms with Crippen molar-refractivity contribution in [1.82, 2.24) is 10.2 Å². The largest absolute Gasteiger partial charge is 0.380 e. The van der Waals surface area contributed by atoms with Gasteiger partial charge >= 0.3 is 0 Å². The number of benzene rings is 2. The van der Waals surface area contributed by atoms with Crippen LogP contribution in [-0.4, -0.2) is 31.5 Å². The van der Waals surface area contributed by atoms with Gasteiger partial charge in [-0.05, 0) is 29.8 Å². The van der Waals surface area contributed by atoms with Crippen LogP contribution in [0.1, 0.15) is 16.7 Å². The van der Waals surface area contributed by atoms with Crippen LogP contribution in [0.3, 0.4) is 0 Å². The number of hydrogen-bond donors (Lipinski definition) is 1. The van der Waals surface area contributed by atoms with Crippen molar-refractivity contribution in [3.05, 3.63) is 69.7 Å². The molecule has 0 aromatic heterocycles. The van der Waals surface area contributed by atoms with Gasteiger partial charge in [0.1, 0.15) is 0 Å². The SMILES string of the molecule is COCc1ccc(CNC(=O)CN(C)Cc2ccccc2Br)cc1. The molecule has 2 aromatic carbocycles. The maximum atomic E-state index is 12.1. The molecule has 5 heteroatoms. The van der Waals surface area contributed by atoms with E-state index in [1.54, 1.807) is 7.11 Å². The summed E-state index contributed by atoms with van der Waals surface area (Å²) in [6.45, 7) is 2.23. The Kier molecular flexibility index (Phi) is 7.43. The molecule has 4 nitrogen and oxygen atoms in total. The summed E-state index contributed by atoms with van der Waals surface area (Å²) in [7, 11) is 3.62. The molecular formula is C19H23BrN2O2. The molecule has 0 unspecified atom stereocenters. The molecule has 24 heavy (non-hydrogen) atoms. The van der Waals surface area contributed by atoms with Gasteiger partial charge in [-0.3, -0.25) is 9.69 Å². The first-order valence-electron chi connectivity index (χ1n) is 7.84. The van der Waals surface area contributed by atoms with Crippen LogP contribution in [0.4, 0.5) is 0 Å². The summed E-state index contributed by atoms with van der Waals surface area (Å²) in [4.78, 5) is 14.1. The maximum Gasteiger partial charge on any atom is 0.234 e. The van der Waals surface area contributed by atoms with E-state index in [0.29, 0.717) is 19.7 Å². The van der Waals surface area contributed by atoms with Gasteiger partial charge in [-0.1, -0.05) is 58.4 Å². The van der Waals surface area contributed by atoms with Gasteiger partial charge in [0.25, 0.3) is 0 Å². The third kappa shape index (κ3) is 6.07. The minimum Gasteiger partial charge on any atom is -0.380 e. The normalized spacial score (nSPS) is 10.8. The van der Waals surface area contributed by atoms with Crippen LogP contribution in [0, 0.1) is 0 Å². The Hall–Kier alpha value is -1.69. The summed E-state index contributed by atoms with van der Waals surface area (Å²) < 4.78 is 6.15. The van der Waals surface area contributed by atoms with Crippen LogP contribution in [0.5, 0.6) is 0 Å². The Labute approximate surface area is 151 Å². The van der Waals surface area contributed by atoms with Crippen molar-refractivity contribution >= 4 is 21.8 Å². The van der Waals surface area contributed by atoms with E-state index in [0.717, 1.165) is 22.1 Å². The maximum absolute atomic E-state index is 12.1. The number of carbonyl (C=O) groups excluding carboxylic acids is 1. The molecule has 0 aliphatic heterocycles. The van der Waals surface area contributed by atoms with E-state index >= 15 is 0 Å².